The molecule has 3 rings (SSSR count). The number of ether oxygens (including phenoxy) is 1. The van der Waals surface area contributed by atoms with E-state index in [4.69, 9.17) is 4.74 Å². The lowest BCUT2D eigenvalue weighted by atomic mass is 9.89. The third-order valence-electron chi connectivity index (χ3n) is 5.06. The summed E-state index contributed by atoms with van der Waals surface area (Å²) < 4.78 is 5.54. The summed E-state index contributed by atoms with van der Waals surface area (Å²) in [4.78, 5) is 26.1. The summed E-state index contributed by atoms with van der Waals surface area (Å²) in [5.41, 5.74) is 1.80. The number of carbonyl (C=O) groups excluding carboxylic acids is 2. The topological polar surface area (TPSA) is 70.7 Å². The number of urea groups is 1. The molecule has 0 radical (unpaired) electrons. The van der Waals surface area contributed by atoms with Gasteiger partial charge in [-0.25, -0.2) is 4.79 Å². The van der Waals surface area contributed by atoms with Crippen LogP contribution < -0.4 is 10.6 Å². The number of hydrogen-bond acceptors (Lipinski definition) is 3. The minimum Gasteiger partial charge on any atom is -0.376 e. The molecular weight excluding hydrogens is 318 g/mol. The minimum absolute atomic E-state index is 0.0323. The normalized spacial score (nSPS) is 23.3. The van der Waals surface area contributed by atoms with Gasteiger partial charge in [-0.2, -0.15) is 0 Å². The van der Waals surface area contributed by atoms with E-state index in [2.05, 4.69) is 16.7 Å². The third-order valence-corrected chi connectivity index (χ3v) is 5.06. The summed E-state index contributed by atoms with van der Waals surface area (Å²) in [5.74, 6) is 0.216. The monoisotopic (exact) mass is 345 g/mol. The second-order valence-electron chi connectivity index (χ2n) is 6.81. The van der Waals surface area contributed by atoms with Crippen LogP contribution in [0.5, 0.6) is 0 Å². The SMILES string of the molecule is CNC(=O)N1CCCC(c2cccc(C(=O)NCC3CCCO3)c2)C1. The number of rotatable bonds is 4. The van der Waals surface area contributed by atoms with Crippen LogP contribution in [-0.2, 0) is 4.74 Å². The maximum absolute atomic E-state index is 12.4. The van der Waals surface area contributed by atoms with Crippen molar-refractivity contribution >= 4 is 11.9 Å². The molecule has 2 aliphatic heterocycles. The average Bonchev–Trinajstić information content (AvgIpc) is 3.19. The van der Waals surface area contributed by atoms with Crippen LogP contribution in [0, 0.1) is 0 Å². The Kier molecular flexibility index (Phi) is 5.91. The van der Waals surface area contributed by atoms with Crippen molar-refractivity contribution in [2.75, 3.05) is 33.3 Å². The second kappa shape index (κ2) is 8.34. The van der Waals surface area contributed by atoms with Crippen LogP contribution in [0.25, 0.3) is 0 Å². The summed E-state index contributed by atoms with van der Waals surface area (Å²) in [6.45, 7) is 2.84. The van der Waals surface area contributed by atoms with Crippen LogP contribution in [0.3, 0.4) is 0 Å². The fourth-order valence-electron chi connectivity index (χ4n) is 3.64. The molecule has 1 aromatic carbocycles. The Morgan fingerprint density at radius 3 is 2.92 bits per heavy atom. The van der Waals surface area contributed by atoms with E-state index < -0.39 is 0 Å². The summed E-state index contributed by atoms with van der Waals surface area (Å²) in [5, 5.41) is 5.66. The van der Waals surface area contributed by atoms with E-state index >= 15 is 0 Å². The molecule has 0 saturated carbocycles. The van der Waals surface area contributed by atoms with E-state index in [1.807, 2.05) is 23.1 Å². The number of nitrogens with one attached hydrogen (secondary N) is 2. The summed E-state index contributed by atoms with van der Waals surface area (Å²) in [7, 11) is 1.66. The van der Waals surface area contributed by atoms with E-state index in [9.17, 15) is 9.59 Å². The first-order valence-corrected chi connectivity index (χ1v) is 9.14. The predicted octanol–water partition coefficient (Wildman–Crippen LogP) is 2.11. The molecule has 1 aromatic rings. The molecule has 2 saturated heterocycles. The van der Waals surface area contributed by atoms with Gasteiger partial charge in [0.25, 0.3) is 5.91 Å². The molecule has 0 aromatic heterocycles. The maximum Gasteiger partial charge on any atom is 0.317 e. The average molecular weight is 345 g/mol. The molecule has 3 amide bonds. The molecular formula is C19H27N3O3. The molecule has 2 unspecified atom stereocenters. The van der Waals surface area contributed by atoms with E-state index in [1.54, 1.807) is 7.05 Å². The van der Waals surface area contributed by atoms with Gasteiger partial charge in [-0.15, -0.1) is 0 Å². The smallest absolute Gasteiger partial charge is 0.317 e. The van der Waals surface area contributed by atoms with Gasteiger partial charge in [0, 0.05) is 44.8 Å². The Balaban J connectivity index is 1.62. The first kappa shape index (κ1) is 17.7. The van der Waals surface area contributed by atoms with Gasteiger partial charge < -0.3 is 20.3 Å². The molecule has 2 N–H and O–H groups in total. The molecule has 2 aliphatic rings. The molecule has 2 fully saturated rings. The Hall–Kier alpha value is -2.08. The number of piperidine rings is 1. The van der Waals surface area contributed by atoms with Crippen molar-refractivity contribution in [3.63, 3.8) is 0 Å². The Morgan fingerprint density at radius 2 is 2.16 bits per heavy atom. The highest BCUT2D eigenvalue weighted by molar-refractivity contribution is 5.94. The van der Waals surface area contributed by atoms with E-state index in [-0.39, 0.29) is 24.0 Å². The van der Waals surface area contributed by atoms with Crippen LogP contribution >= 0.6 is 0 Å². The van der Waals surface area contributed by atoms with Gasteiger partial charge >= 0.3 is 6.03 Å². The van der Waals surface area contributed by atoms with Crippen LogP contribution in [0.2, 0.25) is 0 Å². The van der Waals surface area contributed by atoms with Crippen molar-refractivity contribution < 1.29 is 14.3 Å². The van der Waals surface area contributed by atoms with Gasteiger partial charge in [0.2, 0.25) is 0 Å². The van der Waals surface area contributed by atoms with Gasteiger partial charge in [0.1, 0.15) is 0 Å². The Morgan fingerprint density at radius 1 is 1.28 bits per heavy atom. The van der Waals surface area contributed by atoms with Gasteiger partial charge in [-0.1, -0.05) is 12.1 Å². The van der Waals surface area contributed by atoms with E-state index in [0.29, 0.717) is 18.7 Å². The summed E-state index contributed by atoms with van der Waals surface area (Å²) in [6, 6.07) is 7.75. The first-order chi connectivity index (χ1) is 12.2. The molecule has 6 nitrogen and oxygen atoms in total. The zero-order chi connectivity index (χ0) is 17.6. The largest absolute Gasteiger partial charge is 0.376 e. The first-order valence-electron chi connectivity index (χ1n) is 9.14. The lowest BCUT2D eigenvalue weighted by Gasteiger charge is -2.32. The molecule has 2 heterocycles. The summed E-state index contributed by atoms with van der Waals surface area (Å²) >= 11 is 0. The van der Waals surface area contributed by atoms with Crippen molar-refractivity contribution in [1.82, 2.24) is 15.5 Å². The number of nitrogens with zero attached hydrogens (tertiary/aromatic N) is 1. The summed E-state index contributed by atoms with van der Waals surface area (Å²) in [6.07, 6.45) is 4.24. The Labute approximate surface area is 148 Å². The molecule has 6 heteroatoms. The maximum atomic E-state index is 12.4. The van der Waals surface area contributed by atoms with Gasteiger partial charge in [-0.3, -0.25) is 4.79 Å². The lowest BCUT2D eigenvalue weighted by molar-refractivity contribution is 0.0857. The highest BCUT2D eigenvalue weighted by Crippen LogP contribution is 2.27. The zero-order valence-corrected chi connectivity index (χ0v) is 14.8. The van der Waals surface area contributed by atoms with Crippen LogP contribution in [0.1, 0.15) is 47.5 Å². The molecule has 0 spiro atoms. The molecule has 2 atom stereocenters. The van der Waals surface area contributed by atoms with Crippen LogP contribution in [0.4, 0.5) is 4.79 Å². The van der Waals surface area contributed by atoms with Crippen LogP contribution in [-0.4, -0.2) is 56.2 Å². The van der Waals surface area contributed by atoms with E-state index in [1.165, 1.54) is 0 Å². The highest BCUT2D eigenvalue weighted by atomic mass is 16.5. The number of amides is 3. The number of benzene rings is 1. The molecule has 25 heavy (non-hydrogen) atoms. The van der Waals surface area contributed by atoms with E-state index in [0.717, 1.165) is 44.4 Å². The number of likely N-dealkylation sites (tertiary alicyclic amines) is 1. The van der Waals surface area contributed by atoms with Crippen molar-refractivity contribution in [2.45, 2.75) is 37.7 Å². The number of hydrogen-bond donors (Lipinski definition) is 2. The van der Waals surface area contributed by atoms with Crippen molar-refractivity contribution in [2.24, 2.45) is 0 Å². The molecule has 136 valence electrons. The fourth-order valence-corrected chi connectivity index (χ4v) is 3.64. The van der Waals surface area contributed by atoms with Gasteiger partial charge in [0.15, 0.2) is 0 Å². The third kappa shape index (κ3) is 4.51. The number of carbonyl (C=O) groups is 2. The standard InChI is InChI=1S/C19H27N3O3/c1-20-19(24)22-9-3-7-16(13-22)14-5-2-6-15(11-14)18(23)21-12-17-8-4-10-25-17/h2,5-6,11,16-17H,3-4,7-10,12-13H2,1H3,(H,20,24)(H,21,23). The highest BCUT2D eigenvalue weighted by Gasteiger charge is 2.24. The minimum atomic E-state index is -0.0590. The van der Waals surface area contributed by atoms with Crippen LogP contribution in [0.15, 0.2) is 24.3 Å². The lowest BCUT2D eigenvalue weighted by Crippen LogP contribution is -2.43. The van der Waals surface area contributed by atoms with Crippen molar-refractivity contribution in [3.05, 3.63) is 35.4 Å². The molecule has 0 bridgehead atoms. The van der Waals surface area contributed by atoms with Crippen molar-refractivity contribution in [1.29, 1.82) is 0 Å². The van der Waals surface area contributed by atoms with Gasteiger partial charge in [-0.05, 0) is 43.4 Å². The molecule has 0 aliphatic carbocycles. The predicted molar refractivity (Wildman–Crippen MR) is 95.8 cm³/mol. The fraction of sp³-hybridized carbons (Fsp3) is 0.579. The Bertz CT molecular complexity index is 614. The van der Waals surface area contributed by atoms with Gasteiger partial charge in [0.05, 0.1) is 6.10 Å². The quantitative estimate of drug-likeness (QED) is 0.878. The van der Waals surface area contributed by atoms with Crippen molar-refractivity contribution in [3.8, 4) is 0 Å². The second-order valence-corrected chi connectivity index (χ2v) is 6.81. The zero-order valence-electron chi connectivity index (χ0n) is 14.8.